The van der Waals surface area contributed by atoms with Crippen LogP contribution in [0.25, 0.3) is 11.0 Å². The molecule has 8 bridgehead atoms. The molecule has 0 spiro atoms. The zero-order valence-electron chi connectivity index (χ0n) is 25.3. The molecule has 7 rings (SSSR count). The number of anilines is 1. The van der Waals surface area contributed by atoms with Crippen LogP contribution < -0.4 is 16.2 Å². The van der Waals surface area contributed by atoms with Gasteiger partial charge in [-0.3, -0.25) is 9.36 Å². The Morgan fingerprint density at radius 2 is 1.77 bits per heavy atom. The maximum absolute atomic E-state index is 15.4. The van der Waals surface area contributed by atoms with Gasteiger partial charge in [0.25, 0.3) is 11.5 Å². The fraction of sp³-hybridized carbons (Fsp3) is 0.594. The molecule has 9 nitrogen and oxygen atoms in total. The highest BCUT2D eigenvalue weighted by Gasteiger charge is 2.39. The summed E-state index contributed by atoms with van der Waals surface area (Å²) in [7, 11) is -3.10. The molecule has 0 saturated carbocycles. The van der Waals surface area contributed by atoms with Crippen LogP contribution in [0.3, 0.4) is 0 Å². The van der Waals surface area contributed by atoms with Crippen molar-refractivity contribution in [1.82, 2.24) is 24.8 Å². The molecular formula is C32H42F2N6O3S. The molecular weight excluding hydrogens is 586 g/mol. The summed E-state index contributed by atoms with van der Waals surface area (Å²) in [6, 6.07) is 8.07. The third-order valence-electron chi connectivity index (χ3n) is 9.46. The minimum Gasteiger partial charge on any atom is -0.363 e. The SMILES string of the molecule is C[C@@H]1Nc2ncnc3c2cc(C2CCS(=O)(=O)CC2)c(=O)n3CCCNCCCCN2CC(C2)CC(F)(F)c2cccc1c2. The maximum atomic E-state index is 15.4. The van der Waals surface area contributed by atoms with Crippen molar-refractivity contribution in [3.05, 3.63) is 63.7 Å². The van der Waals surface area contributed by atoms with Crippen molar-refractivity contribution < 1.29 is 17.2 Å². The first-order chi connectivity index (χ1) is 21.1. The molecule has 4 aliphatic rings. The first-order valence-corrected chi connectivity index (χ1v) is 17.7. The van der Waals surface area contributed by atoms with Crippen molar-refractivity contribution in [2.45, 2.75) is 69.9 Å². The average molecular weight is 629 g/mol. The van der Waals surface area contributed by atoms with Crippen molar-refractivity contribution in [3.8, 4) is 0 Å². The summed E-state index contributed by atoms with van der Waals surface area (Å²) in [4.78, 5) is 25.2. The van der Waals surface area contributed by atoms with Crippen molar-refractivity contribution in [3.63, 3.8) is 0 Å². The van der Waals surface area contributed by atoms with Crippen LogP contribution in [-0.4, -0.2) is 72.1 Å². The fourth-order valence-corrected chi connectivity index (χ4v) is 8.38. The third kappa shape index (κ3) is 6.82. The van der Waals surface area contributed by atoms with E-state index in [0.717, 1.165) is 52.0 Å². The van der Waals surface area contributed by atoms with Crippen LogP contribution in [-0.2, 0) is 22.3 Å². The van der Waals surface area contributed by atoms with E-state index in [0.29, 0.717) is 47.4 Å². The first kappa shape index (κ1) is 31.0. The van der Waals surface area contributed by atoms with Gasteiger partial charge in [-0.05, 0) is 88.2 Å². The Labute approximate surface area is 257 Å². The summed E-state index contributed by atoms with van der Waals surface area (Å²) < 4.78 is 56.9. The van der Waals surface area contributed by atoms with Gasteiger partial charge in [0.2, 0.25) is 0 Å². The van der Waals surface area contributed by atoms with Gasteiger partial charge in [0.05, 0.1) is 16.9 Å². The van der Waals surface area contributed by atoms with E-state index in [4.69, 9.17) is 0 Å². The largest absolute Gasteiger partial charge is 0.363 e. The Bertz CT molecular complexity index is 1640. The van der Waals surface area contributed by atoms with Crippen LogP contribution in [0.5, 0.6) is 0 Å². The Balaban J connectivity index is 1.36. The van der Waals surface area contributed by atoms with E-state index in [2.05, 4.69) is 25.5 Å². The second-order valence-corrected chi connectivity index (χ2v) is 15.1. The second kappa shape index (κ2) is 12.8. The number of fused-ring (bicyclic) bond motifs is 9. The monoisotopic (exact) mass is 628 g/mol. The molecule has 2 aromatic heterocycles. The van der Waals surface area contributed by atoms with E-state index in [1.807, 2.05) is 19.1 Å². The number of nitrogens with one attached hydrogen (secondary N) is 2. The van der Waals surface area contributed by atoms with Crippen LogP contribution in [0, 0.1) is 5.92 Å². The number of nitrogens with zero attached hydrogens (tertiary/aromatic N) is 4. The third-order valence-corrected chi connectivity index (χ3v) is 11.2. The lowest BCUT2D eigenvalue weighted by atomic mass is 9.89. The molecule has 2 N–H and O–H groups in total. The number of halogens is 2. The molecule has 0 aliphatic carbocycles. The van der Waals surface area contributed by atoms with Gasteiger partial charge in [-0.1, -0.05) is 18.2 Å². The highest BCUT2D eigenvalue weighted by atomic mass is 32.2. The highest BCUT2D eigenvalue weighted by molar-refractivity contribution is 7.91. The molecule has 0 amide bonds. The molecule has 6 heterocycles. The Kier molecular flexibility index (Phi) is 9.03. The molecule has 0 unspecified atom stereocenters. The number of rotatable bonds is 1. The number of alkyl halides is 2. The lowest BCUT2D eigenvalue weighted by Crippen LogP contribution is -2.48. The van der Waals surface area contributed by atoms with E-state index in [1.165, 1.54) is 12.4 Å². The number of pyridine rings is 1. The Morgan fingerprint density at radius 1 is 1.00 bits per heavy atom. The summed E-state index contributed by atoms with van der Waals surface area (Å²) >= 11 is 0. The Hall–Kier alpha value is -2.96. The molecule has 3 aromatic rings. The van der Waals surface area contributed by atoms with Gasteiger partial charge in [-0.25, -0.2) is 27.2 Å². The number of benzene rings is 1. The summed E-state index contributed by atoms with van der Waals surface area (Å²) in [5, 5.41) is 7.54. The number of hydrogen-bond acceptors (Lipinski definition) is 8. The zero-order chi connectivity index (χ0) is 30.9. The number of aryl methyl sites for hydroxylation is 1. The van der Waals surface area contributed by atoms with Crippen molar-refractivity contribution >= 4 is 26.7 Å². The predicted octanol–water partition coefficient (Wildman–Crippen LogP) is 4.44. The molecule has 12 heteroatoms. The van der Waals surface area contributed by atoms with E-state index < -0.39 is 15.8 Å². The van der Waals surface area contributed by atoms with Gasteiger partial charge < -0.3 is 15.5 Å². The smallest absolute Gasteiger partial charge is 0.273 e. The van der Waals surface area contributed by atoms with Crippen molar-refractivity contribution in [2.75, 3.05) is 49.5 Å². The van der Waals surface area contributed by atoms with Gasteiger partial charge in [-0.2, -0.15) is 0 Å². The molecule has 2 saturated heterocycles. The van der Waals surface area contributed by atoms with Gasteiger partial charge in [0.1, 0.15) is 27.6 Å². The molecule has 4 aliphatic heterocycles. The second-order valence-electron chi connectivity index (χ2n) is 12.8. The lowest BCUT2D eigenvalue weighted by molar-refractivity contribution is -0.0568. The minimum absolute atomic E-state index is 0.0105. The molecule has 238 valence electrons. The summed E-state index contributed by atoms with van der Waals surface area (Å²) in [6.07, 6.45) is 4.79. The van der Waals surface area contributed by atoms with Crippen molar-refractivity contribution in [1.29, 1.82) is 0 Å². The number of sulfone groups is 1. The lowest BCUT2D eigenvalue weighted by Gasteiger charge is -2.41. The van der Waals surface area contributed by atoms with E-state index in [-0.39, 0.29) is 46.9 Å². The van der Waals surface area contributed by atoms with Crippen LogP contribution in [0.1, 0.15) is 74.1 Å². The molecule has 2 fully saturated rings. The number of aromatic nitrogens is 3. The Morgan fingerprint density at radius 3 is 2.57 bits per heavy atom. The fourth-order valence-electron chi connectivity index (χ4n) is 6.88. The topological polar surface area (TPSA) is 109 Å². The van der Waals surface area contributed by atoms with Crippen LogP contribution in [0.15, 0.2) is 41.5 Å². The predicted molar refractivity (Wildman–Crippen MR) is 168 cm³/mol. The number of hydrogen-bond donors (Lipinski definition) is 2. The molecule has 1 aromatic carbocycles. The van der Waals surface area contributed by atoms with Gasteiger partial charge >= 0.3 is 0 Å². The van der Waals surface area contributed by atoms with Gasteiger partial charge in [0.15, 0.2) is 0 Å². The normalized spacial score (nSPS) is 26.6. The van der Waals surface area contributed by atoms with Crippen LogP contribution in [0.4, 0.5) is 14.6 Å². The standard InChI is InChI=1S/C32H42F2N6O3S/c1-22-25-6-4-7-26(16-25)32(33,34)18-23-19-39(20-23)12-3-2-10-35-11-5-13-40-30-28(29(38-22)36-21-37-30)17-27(31(40)41)24-8-14-44(42,43)15-9-24/h4,6-7,16-17,21-24,35H,2-3,5,8-15,18-20H2,1H3,(H,36,37,38)/t22-/m0/s1. The minimum atomic E-state index is -3.10. The van der Waals surface area contributed by atoms with Crippen LogP contribution >= 0.6 is 0 Å². The van der Waals surface area contributed by atoms with E-state index in [1.54, 1.807) is 16.7 Å². The summed E-state index contributed by atoms with van der Waals surface area (Å²) in [6.45, 7) is 6.31. The highest BCUT2D eigenvalue weighted by Crippen LogP contribution is 2.39. The van der Waals surface area contributed by atoms with E-state index in [9.17, 15) is 13.2 Å². The van der Waals surface area contributed by atoms with Gasteiger partial charge in [-0.15, -0.1) is 0 Å². The summed E-state index contributed by atoms with van der Waals surface area (Å²) in [5.41, 5.74) is 1.67. The quantitative estimate of drug-likeness (QED) is 0.407. The molecule has 1 atom stereocenters. The average Bonchev–Trinajstić information content (AvgIpc) is 2.97. The molecule has 44 heavy (non-hydrogen) atoms. The summed E-state index contributed by atoms with van der Waals surface area (Å²) in [5.74, 6) is -2.48. The van der Waals surface area contributed by atoms with E-state index >= 15 is 8.78 Å². The zero-order valence-corrected chi connectivity index (χ0v) is 26.1. The van der Waals surface area contributed by atoms with Crippen molar-refractivity contribution in [2.24, 2.45) is 5.92 Å². The van der Waals surface area contributed by atoms with Crippen LogP contribution in [0.2, 0.25) is 0 Å². The van der Waals surface area contributed by atoms with Gasteiger partial charge in [0, 0.05) is 43.2 Å². The first-order valence-electron chi connectivity index (χ1n) is 15.9. The maximum Gasteiger partial charge on any atom is 0.273 e. The molecule has 0 radical (unpaired) electrons.